The second-order valence-electron chi connectivity index (χ2n) is 9.33. The summed E-state index contributed by atoms with van der Waals surface area (Å²) in [6.07, 6.45) is 1.18. The molecule has 212 valence electrons. The molecule has 41 heavy (non-hydrogen) atoms. The summed E-state index contributed by atoms with van der Waals surface area (Å²) < 4.78 is 39.5. The highest BCUT2D eigenvalue weighted by Gasteiger charge is 2.52. The molecule has 2 N–H and O–H groups in total. The molecular weight excluding hydrogens is 532 g/mol. The molecule has 0 saturated carbocycles. The van der Waals surface area contributed by atoms with Crippen LogP contribution < -0.4 is 10.1 Å². The normalized spacial score (nSPS) is 17.6. The van der Waals surface area contributed by atoms with Crippen LogP contribution >= 0.6 is 0 Å². The Bertz CT molecular complexity index is 1450. The van der Waals surface area contributed by atoms with Gasteiger partial charge in [0.25, 0.3) is 5.91 Å². The molecule has 0 spiro atoms. The van der Waals surface area contributed by atoms with Gasteiger partial charge in [-0.15, -0.1) is 6.58 Å². The summed E-state index contributed by atoms with van der Waals surface area (Å²) in [5.41, 5.74) is 9.44. The van der Waals surface area contributed by atoms with Crippen LogP contribution in [0.5, 0.6) is 5.75 Å². The topological polar surface area (TPSA) is 129 Å². The number of nitrogens with zero attached hydrogens (tertiary/aromatic N) is 4. The van der Waals surface area contributed by atoms with Crippen LogP contribution in [0.15, 0.2) is 89.5 Å². The second kappa shape index (κ2) is 13.6. The number of aliphatic imine (C=N–C) groups is 1. The van der Waals surface area contributed by atoms with E-state index >= 15 is 0 Å². The van der Waals surface area contributed by atoms with Gasteiger partial charge in [-0.3, -0.25) is 4.79 Å². The number of benzene rings is 3. The predicted molar refractivity (Wildman–Crippen MR) is 149 cm³/mol. The van der Waals surface area contributed by atoms with Crippen molar-refractivity contribution in [1.29, 1.82) is 0 Å². The van der Waals surface area contributed by atoms with E-state index in [9.17, 15) is 13.6 Å². The molecule has 2 atom stereocenters. The minimum Gasteiger partial charge on any atom is -0.494 e. The van der Waals surface area contributed by atoms with Crippen molar-refractivity contribution in [1.82, 2.24) is 5.32 Å². The molecule has 1 aliphatic rings. The van der Waals surface area contributed by atoms with Gasteiger partial charge in [-0.2, -0.15) is 0 Å². The van der Waals surface area contributed by atoms with Crippen molar-refractivity contribution < 1.29 is 28.2 Å². The number of halogens is 2. The molecule has 0 saturated heterocycles. The van der Waals surface area contributed by atoms with E-state index in [0.717, 1.165) is 18.2 Å². The molecule has 3 aromatic rings. The summed E-state index contributed by atoms with van der Waals surface area (Å²) in [4.78, 5) is 21.6. The number of hydrogen-bond acceptors (Lipinski definition) is 6. The third kappa shape index (κ3) is 6.89. The first-order valence-electron chi connectivity index (χ1n) is 12.9. The number of ether oxygens (including phenoxy) is 2. The number of rotatable bonds is 13. The van der Waals surface area contributed by atoms with Crippen LogP contribution in [-0.4, -0.2) is 35.7 Å². The van der Waals surface area contributed by atoms with E-state index in [0.29, 0.717) is 35.5 Å². The number of carbonyl (C=O) groups is 1. The fraction of sp³-hybridized carbons (Fsp3) is 0.267. The van der Waals surface area contributed by atoms with Crippen LogP contribution in [0, 0.1) is 11.6 Å². The molecular formula is C30H29F2N5O4. The number of nitrogens with one attached hydrogen (secondary N) is 1. The van der Waals surface area contributed by atoms with Gasteiger partial charge < -0.3 is 19.9 Å². The first kappa shape index (κ1) is 29.3. The van der Waals surface area contributed by atoms with E-state index in [1.54, 1.807) is 54.6 Å². The maximum atomic E-state index is 13.9. The largest absolute Gasteiger partial charge is 0.494 e. The SMILES string of the molecule is C=CC[C@@]1(C(=O)NCc2cc(F)cc(F)c2)N=C(c2ccc(OCCCO)cc2)O[C@@H]1c1ccccc1CN=[N+]=[N-]. The van der Waals surface area contributed by atoms with E-state index in [1.807, 2.05) is 0 Å². The molecule has 0 fully saturated rings. The summed E-state index contributed by atoms with van der Waals surface area (Å²) in [7, 11) is 0. The van der Waals surface area contributed by atoms with Gasteiger partial charge >= 0.3 is 0 Å². The molecule has 0 radical (unpaired) electrons. The van der Waals surface area contributed by atoms with Gasteiger partial charge in [-0.25, -0.2) is 13.8 Å². The van der Waals surface area contributed by atoms with Crippen molar-refractivity contribution in [2.45, 2.75) is 37.6 Å². The first-order valence-corrected chi connectivity index (χ1v) is 12.9. The number of hydrogen-bond donors (Lipinski definition) is 2. The molecule has 4 rings (SSSR count). The first-order chi connectivity index (χ1) is 19.9. The van der Waals surface area contributed by atoms with Gasteiger partial charge in [0, 0.05) is 42.5 Å². The lowest BCUT2D eigenvalue weighted by Gasteiger charge is -2.30. The van der Waals surface area contributed by atoms with E-state index in [1.165, 1.54) is 0 Å². The van der Waals surface area contributed by atoms with Gasteiger partial charge in [0.1, 0.15) is 17.4 Å². The highest BCUT2D eigenvalue weighted by Crippen LogP contribution is 2.44. The third-order valence-corrected chi connectivity index (χ3v) is 6.50. The van der Waals surface area contributed by atoms with Crippen molar-refractivity contribution >= 4 is 11.8 Å². The van der Waals surface area contributed by atoms with Gasteiger partial charge in [0.15, 0.2) is 11.6 Å². The summed E-state index contributed by atoms with van der Waals surface area (Å²) in [6, 6.07) is 17.1. The number of azide groups is 1. The van der Waals surface area contributed by atoms with Gasteiger partial charge in [-0.05, 0) is 58.6 Å². The zero-order valence-electron chi connectivity index (χ0n) is 22.2. The highest BCUT2D eigenvalue weighted by molar-refractivity contribution is 6.01. The Hall–Kier alpha value is -4.73. The van der Waals surface area contributed by atoms with Gasteiger partial charge in [0.05, 0.1) is 13.2 Å². The number of aliphatic hydroxyl groups excluding tert-OH is 1. The Morgan fingerprint density at radius 3 is 2.61 bits per heavy atom. The predicted octanol–water partition coefficient (Wildman–Crippen LogP) is 5.69. The summed E-state index contributed by atoms with van der Waals surface area (Å²) in [5.74, 6) is -1.26. The maximum absolute atomic E-state index is 13.9. The average Bonchev–Trinajstić information content (AvgIpc) is 3.35. The van der Waals surface area contributed by atoms with Crippen molar-refractivity contribution in [2.24, 2.45) is 10.1 Å². The van der Waals surface area contributed by atoms with Gasteiger partial charge in [0.2, 0.25) is 5.90 Å². The maximum Gasteiger partial charge on any atom is 0.252 e. The zero-order chi connectivity index (χ0) is 29.2. The smallest absolute Gasteiger partial charge is 0.252 e. The van der Waals surface area contributed by atoms with Crippen LogP contribution in [0.3, 0.4) is 0 Å². The van der Waals surface area contributed by atoms with Crippen LogP contribution in [0.2, 0.25) is 0 Å². The summed E-state index contributed by atoms with van der Waals surface area (Å²) in [5, 5.41) is 15.4. The Kier molecular flexibility index (Phi) is 9.68. The lowest BCUT2D eigenvalue weighted by molar-refractivity contribution is -0.129. The molecule has 1 amide bonds. The molecule has 1 aliphatic heterocycles. The van der Waals surface area contributed by atoms with E-state index in [4.69, 9.17) is 25.1 Å². The molecule has 3 aromatic carbocycles. The molecule has 0 aromatic heterocycles. The van der Waals surface area contributed by atoms with Crippen LogP contribution in [-0.2, 0) is 22.6 Å². The Balaban J connectivity index is 1.73. The minimum atomic E-state index is -1.54. The van der Waals surface area contributed by atoms with Crippen LogP contribution in [0.25, 0.3) is 10.4 Å². The van der Waals surface area contributed by atoms with E-state index in [2.05, 4.69) is 21.9 Å². The van der Waals surface area contributed by atoms with Crippen LogP contribution in [0.1, 0.15) is 41.2 Å². The average molecular weight is 562 g/mol. The monoisotopic (exact) mass is 561 g/mol. The fourth-order valence-corrected chi connectivity index (χ4v) is 4.60. The van der Waals surface area contributed by atoms with E-state index < -0.39 is 29.2 Å². The molecule has 1 heterocycles. The standard InChI is InChI=1S/C30H29F2N5O4/c1-2-12-30(29(39)34-18-20-15-23(31)17-24(32)16-20)27(26-7-4-3-6-22(26)19-35-37-33)41-28(36-30)21-8-10-25(11-9-21)40-14-5-13-38/h2-4,6-11,15-17,27,38H,1,5,12-14,18-19H2,(H,34,39)/t27-,30-/m1/s1. The lowest BCUT2D eigenvalue weighted by Crippen LogP contribution is -2.48. The molecule has 0 unspecified atom stereocenters. The molecule has 11 heteroatoms. The van der Waals surface area contributed by atoms with Gasteiger partial charge in [-0.1, -0.05) is 35.5 Å². The molecule has 0 bridgehead atoms. The number of amides is 1. The van der Waals surface area contributed by atoms with Crippen molar-refractivity contribution in [3.8, 4) is 5.75 Å². The summed E-state index contributed by atoms with van der Waals surface area (Å²) in [6.45, 7) is 4.09. The molecule has 9 nitrogen and oxygen atoms in total. The quantitative estimate of drug-likeness (QED) is 0.0914. The lowest BCUT2D eigenvalue weighted by atomic mass is 9.82. The summed E-state index contributed by atoms with van der Waals surface area (Å²) >= 11 is 0. The Morgan fingerprint density at radius 2 is 1.93 bits per heavy atom. The Morgan fingerprint density at radius 1 is 1.20 bits per heavy atom. The van der Waals surface area contributed by atoms with E-state index in [-0.39, 0.29) is 37.6 Å². The number of aliphatic hydroxyl groups is 1. The zero-order valence-corrected chi connectivity index (χ0v) is 22.2. The molecule has 0 aliphatic carbocycles. The highest BCUT2D eigenvalue weighted by atomic mass is 19.1. The van der Waals surface area contributed by atoms with Crippen molar-refractivity contribution in [3.63, 3.8) is 0 Å². The third-order valence-electron chi connectivity index (χ3n) is 6.50. The Labute approximate surface area is 235 Å². The van der Waals surface area contributed by atoms with Crippen molar-refractivity contribution in [2.75, 3.05) is 13.2 Å². The van der Waals surface area contributed by atoms with Crippen LogP contribution in [0.4, 0.5) is 8.78 Å². The minimum absolute atomic E-state index is 0.0207. The number of carbonyl (C=O) groups excluding carboxylic acids is 1. The van der Waals surface area contributed by atoms with Crippen molar-refractivity contribution in [3.05, 3.63) is 124 Å². The fourth-order valence-electron chi connectivity index (χ4n) is 4.60. The second-order valence-corrected chi connectivity index (χ2v) is 9.33.